The Morgan fingerprint density at radius 3 is 1.80 bits per heavy atom. The maximum absolute atomic E-state index is 11.1. The molecule has 25 heavy (non-hydrogen) atoms. The van der Waals surface area contributed by atoms with Gasteiger partial charge in [-0.3, -0.25) is 14.8 Å². The number of ether oxygens (including phenoxy) is 1. The number of aliphatic imine (C=N–C) groups is 2. The van der Waals surface area contributed by atoms with Crippen LogP contribution in [-0.2, 0) is 9.53 Å². The normalized spacial score (nSPS) is 14.2. The van der Waals surface area contributed by atoms with E-state index in [-0.39, 0.29) is 5.97 Å². The van der Waals surface area contributed by atoms with E-state index in [0.717, 1.165) is 38.8 Å². The average Bonchev–Trinajstić information content (AvgIpc) is 2.64. The lowest BCUT2D eigenvalue weighted by molar-refractivity contribution is -0.140. The van der Waals surface area contributed by atoms with E-state index in [2.05, 4.69) is 11.7 Å². The first-order valence-electron chi connectivity index (χ1n) is 10.4. The third-order valence-electron chi connectivity index (χ3n) is 4.83. The Balaban J connectivity index is 2.09. The van der Waals surface area contributed by atoms with Crippen LogP contribution in [0.2, 0.25) is 0 Å². The number of hydrogen-bond donors (Lipinski definition) is 0. The average molecular weight is 351 g/mol. The smallest absolute Gasteiger partial charge is 0.305 e. The van der Waals surface area contributed by atoms with Gasteiger partial charge < -0.3 is 4.74 Å². The molecule has 0 aromatic heterocycles. The van der Waals surface area contributed by atoms with Crippen molar-refractivity contribution >= 4 is 17.4 Å². The van der Waals surface area contributed by atoms with Gasteiger partial charge in [0.1, 0.15) is 0 Å². The van der Waals surface area contributed by atoms with Gasteiger partial charge in [-0.05, 0) is 32.1 Å². The second-order valence-corrected chi connectivity index (χ2v) is 7.02. The fraction of sp³-hybridized carbons (Fsp3) is 0.857. The highest BCUT2D eigenvalue weighted by atomic mass is 16.5. The summed E-state index contributed by atoms with van der Waals surface area (Å²) >= 11 is 0. The lowest BCUT2D eigenvalue weighted by Crippen LogP contribution is -2.20. The monoisotopic (exact) mass is 350 g/mol. The maximum atomic E-state index is 11.1. The van der Waals surface area contributed by atoms with Gasteiger partial charge in [0.2, 0.25) is 0 Å². The minimum Gasteiger partial charge on any atom is -0.469 e. The van der Waals surface area contributed by atoms with E-state index in [1.165, 1.54) is 76.3 Å². The summed E-state index contributed by atoms with van der Waals surface area (Å²) in [6.07, 6.45) is 16.4. The fourth-order valence-electron chi connectivity index (χ4n) is 3.27. The van der Waals surface area contributed by atoms with Crippen LogP contribution >= 0.6 is 0 Å². The van der Waals surface area contributed by atoms with Crippen molar-refractivity contribution in [2.75, 3.05) is 20.2 Å². The summed E-state index contributed by atoms with van der Waals surface area (Å²) in [5.74, 6) is -0.0906. The Bertz CT molecular complexity index is 416. The second kappa shape index (κ2) is 15.1. The van der Waals surface area contributed by atoms with Crippen molar-refractivity contribution in [3.63, 3.8) is 0 Å². The van der Waals surface area contributed by atoms with Gasteiger partial charge in [0.25, 0.3) is 0 Å². The predicted octanol–water partition coefficient (Wildman–Crippen LogP) is 5.54. The van der Waals surface area contributed by atoms with Crippen LogP contribution in [0.25, 0.3) is 0 Å². The van der Waals surface area contributed by atoms with Crippen LogP contribution in [0.1, 0.15) is 96.8 Å². The zero-order valence-corrected chi connectivity index (χ0v) is 16.5. The Kier molecular flexibility index (Phi) is 13.2. The molecule has 0 unspecified atom stereocenters. The molecule has 0 fully saturated rings. The number of rotatable bonds is 15. The third kappa shape index (κ3) is 11.1. The number of unbranched alkanes of at least 4 members (excludes halogenated alkanes) is 9. The van der Waals surface area contributed by atoms with Crippen LogP contribution in [0.15, 0.2) is 9.98 Å². The van der Waals surface area contributed by atoms with Gasteiger partial charge in [-0.2, -0.15) is 0 Å². The number of nitrogens with zero attached hydrogens (tertiary/aromatic N) is 2. The van der Waals surface area contributed by atoms with E-state index in [9.17, 15) is 4.79 Å². The standard InChI is InChI=1S/C21H38N2O2/c1-3-4-5-6-8-11-14-19-20(23-18-17-22-19)15-12-9-7-10-13-16-21(24)25-2/h3-18H2,1-2H3. The van der Waals surface area contributed by atoms with E-state index in [1.807, 2.05) is 0 Å². The van der Waals surface area contributed by atoms with E-state index in [0.29, 0.717) is 6.42 Å². The van der Waals surface area contributed by atoms with Gasteiger partial charge in [-0.25, -0.2) is 0 Å². The molecule has 0 radical (unpaired) electrons. The summed E-state index contributed by atoms with van der Waals surface area (Å²) in [7, 11) is 1.46. The third-order valence-corrected chi connectivity index (χ3v) is 4.83. The molecule has 4 heteroatoms. The van der Waals surface area contributed by atoms with Crippen LogP contribution in [-0.4, -0.2) is 37.6 Å². The molecule has 1 aliphatic heterocycles. The Morgan fingerprint density at radius 1 is 0.800 bits per heavy atom. The molecular weight excluding hydrogens is 312 g/mol. The Labute approximate surface area is 154 Å². The highest BCUT2D eigenvalue weighted by Gasteiger charge is 2.11. The molecule has 0 bridgehead atoms. The molecule has 4 nitrogen and oxygen atoms in total. The van der Waals surface area contributed by atoms with Crippen LogP contribution < -0.4 is 0 Å². The fourth-order valence-corrected chi connectivity index (χ4v) is 3.27. The number of hydrogen-bond acceptors (Lipinski definition) is 4. The minimum absolute atomic E-state index is 0.0906. The molecule has 0 N–H and O–H groups in total. The first kappa shape index (κ1) is 21.9. The van der Waals surface area contributed by atoms with Gasteiger partial charge in [0.05, 0.1) is 31.6 Å². The zero-order valence-electron chi connectivity index (χ0n) is 16.5. The molecule has 0 aromatic carbocycles. The second-order valence-electron chi connectivity index (χ2n) is 7.02. The number of carbonyl (C=O) groups is 1. The van der Waals surface area contributed by atoms with Gasteiger partial charge in [-0.15, -0.1) is 0 Å². The van der Waals surface area contributed by atoms with Crippen LogP contribution in [0.3, 0.4) is 0 Å². The van der Waals surface area contributed by atoms with E-state index < -0.39 is 0 Å². The molecule has 0 aromatic rings. The van der Waals surface area contributed by atoms with E-state index in [1.54, 1.807) is 0 Å². The molecule has 144 valence electrons. The van der Waals surface area contributed by atoms with Gasteiger partial charge in [-0.1, -0.05) is 58.3 Å². The molecule has 0 spiro atoms. The molecular formula is C21H38N2O2. The van der Waals surface area contributed by atoms with Crippen molar-refractivity contribution in [1.82, 2.24) is 0 Å². The lowest BCUT2D eigenvalue weighted by atomic mass is 10.00. The minimum atomic E-state index is -0.0906. The molecule has 0 aliphatic carbocycles. The molecule has 1 heterocycles. The van der Waals surface area contributed by atoms with Crippen LogP contribution in [0, 0.1) is 0 Å². The van der Waals surface area contributed by atoms with Crippen molar-refractivity contribution in [3.8, 4) is 0 Å². The van der Waals surface area contributed by atoms with Crippen molar-refractivity contribution in [3.05, 3.63) is 0 Å². The first-order valence-corrected chi connectivity index (χ1v) is 10.4. The predicted molar refractivity (Wildman–Crippen MR) is 107 cm³/mol. The summed E-state index contributed by atoms with van der Waals surface area (Å²) in [6.45, 7) is 4.01. The zero-order chi connectivity index (χ0) is 18.2. The highest BCUT2D eigenvalue weighted by molar-refractivity contribution is 6.42. The summed E-state index contributed by atoms with van der Waals surface area (Å²) in [4.78, 5) is 20.5. The molecule has 1 rings (SSSR count). The van der Waals surface area contributed by atoms with Gasteiger partial charge >= 0.3 is 5.97 Å². The summed E-state index contributed by atoms with van der Waals surface area (Å²) in [5, 5.41) is 0. The molecule has 1 aliphatic rings. The molecule has 0 amide bonds. The van der Waals surface area contributed by atoms with Crippen molar-refractivity contribution < 1.29 is 9.53 Å². The molecule has 0 atom stereocenters. The van der Waals surface area contributed by atoms with E-state index in [4.69, 9.17) is 9.98 Å². The quantitative estimate of drug-likeness (QED) is 0.288. The number of esters is 1. The summed E-state index contributed by atoms with van der Waals surface area (Å²) < 4.78 is 4.66. The Hall–Kier alpha value is -1.19. The summed E-state index contributed by atoms with van der Waals surface area (Å²) in [5.41, 5.74) is 2.56. The largest absolute Gasteiger partial charge is 0.469 e. The van der Waals surface area contributed by atoms with Crippen molar-refractivity contribution in [2.45, 2.75) is 96.8 Å². The number of carbonyl (C=O) groups excluding carboxylic acids is 1. The number of methoxy groups -OCH3 is 1. The van der Waals surface area contributed by atoms with Crippen molar-refractivity contribution in [2.24, 2.45) is 9.98 Å². The van der Waals surface area contributed by atoms with Gasteiger partial charge in [0.15, 0.2) is 0 Å². The van der Waals surface area contributed by atoms with E-state index >= 15 is 0 Å². The SMILES string of the molecule is CCCCCCCCC1=NCCN=C1CCCCCCCC(=O)OC. The highest BCUT2D eigenvalue weighted by Crippen LogP contribution is 2.14. The topological polar surface area (TPSA) is 51.0 Å². The molecule has 0 saturated heterocycles. The maximum Gasteiger partial charge on any atom is 0.305 e. The van der Waals surface area contributed by atoms with Crippen LogP contribution in [0.5, 0.6) is 0 Å². The summed E-state index contributed by atoms with van der Waals surface area (Å²) in [6, 6.07) is 0. The van der Waals surface area contributed by atoms with Gasteiger partial charge in [0, 0.05) is 6.42 Å². The first-order chi connectivity index (χ1) is 12.3. The lowest BCUT2D eigenvalue weighted by Gasteiger charge is -2.14. The molecule has 0 saturated carbocycles. The van der Waals surface area contributed by atoms with Crippen LogP contribution in [0.4, 0.5) is 0 Å². The van der Waals surface area contributed by atoms with Crippen molar-refractivity contribution in [1.29, 1.82) is 0 Å². The Morgan fingerprint density at radius 2 is 1.28 bits per heavy atom.